The summed E-state index contributed by atoms with van der Waals surface area (Å²) in [6.07, 6.45) is -2.20. The van der Waals surface area contributed by atoms with Crippen LogP contribution in [0.15, 0.2) is 72.8 Å². The fourth-order valence-electron chi connectivity index (χ4n) is 5.71. The van der Waals surface area contributed by atoms with Gasteiger partial charge in [0.25, 0.3) is 0 Å². The molecular weight excluding hydrogens is 603 g/mol. The lowest BCUT2D eigenvalue weighted by Gasteiger charge is -2.32. The van der Waals surface area contributed by atoms with E-state index in [0.717, 1.165) is 36.8 Å². The van der Waals surface area contributed by atoms with Crippen molar-refractivity contribution in [3.63, 3.8) is 0 Å². The molecule has 0 aliphatic carbocycles. The molecule has 0 radical (unpaired) electrons. The van der Waals surface area contributed by atoms with Crippen molar-refractivity contribution in [2.45, 2.75) is 62.7 Å². The van der Waals surface area contributed by atoms with Crippen molar-refractivity contribution >= 4 is 38.5 Å². The third kappa shape index (κ3) is 6.97. The summed E-state index contributed by atoms with van der Waals surface area (Å²) in [4.78, 5) is 0. The van der Waals surface area contributed by atoms with E-state index in [4.69, 9.17) is 21.1 Å². The first kappa shape index (κ1) is 31.2. The average molecular weight is 636 g/mol. The molecule has 2 aliphatic heterocycles. The largest absolute Gasteiger partial charge is 0.508 e. The number of aromatic hydroxyl groups is 1. The number of benzene rings is 3. The molecule has 1 saturated heterocycles. The van der Waals surface area contributed by atoms with Crippen LogP contribution in [-0.4, -0.2) is 50.3 Å². The molecule has 5 rings (SSSR count). The molecule has 0 unspecified atom stereocenters. The Bertz CT molecular complexity index is 1540. The van der Waals surface area contributed by atoms with Crippen molar-refractivity contribution in [2.75, 3.05) is 17.5 Å². The number of hydrogen-bond donors (Lipinski definition) is 1. The van der Waals surface area contributed by atoms with E-state index in [9.17, 15) is 26.7 Å². The van der Waals surface area contributed by atoms with Gasteiger partial charge in [-0.1, -0.05) is 62.1 Å². The third-order valence-corrected chi connectivity index (χ3v) is 10.1. The van der Waals surface area contributed by atoms with Crippen LogP contribution in [0.1, 0.15) is 50.2 Å². The molecule has 6 nitrogen and oxygen atoms in total. The smallest absolute Gasteiger partial charge is 0.407 e. The van der Waals surface area contributed by atoms with Crippen LogP contribution in [0.5, 0.6) is 11.5 Å². The molecule has 43 heavy (non-hydrogen) atoms. The molecule has 230 valence electrons. The summed E-state index contributed by atoms with van der Waals surface area (Å²) in [6.45, 7) is 1.04. The Labute approximate surface area is 254 Å². The van der Waals surface area contributed by atoms with Gasteiger partial charge in [-0.15, -0.1) is 0 Å². The number of fused-ring (bicyclic) bond motifs is 2. The Balaban J connectivity index is 1.50. The molecule has 3 aromatic rings. The van der Waals surface area contributed by atoms with Crippen molar-refractivity contribution in [1.29, 1.82) is 0 Å². The molecular formula is C32H33ClF3NO5S. The predicted octanol–water partition coefficient (Wildman–Crippen LogP) is 7.85. The van der Waals surface area contributed by atoms with Gasteiger partial charge < -0.3 is 14.6 Å². The quantitative estimate of drug-likeness (QED) is 0.205. The van der Waals surface area contributed by atoms with Gasteiger partial charge in [-0.05, 0) is 83.6 Å². The van der Waals surface area contributed by atoms with E-state index < -0.39 is 40.2 Å². The number of unbranched alkanes of at least 4 members (excludes halogenated alkanes) is 3. The number of phenolic OH excluding ortho intramolecular Hbond substituents is 1. The minimum atomic E-state index is -4.78. The number of nitrogens with zero attached hydrogens (tertiary/aromatic N) is 1. The van der Waals surface area contributed by atoms with Gasteiger partial charge in [0.2, 0.25) is 10.0 Å². The second kappa shape index (κ2) is 12.8. The Morgan fingerprint density at radius 3 is 2.19 bits per heavy atom. The van der Waals surface area contributed by atoms with Crippen molar-refractivity contribution in [3.8, 4) is 11.5 Å². The highest BCUT2D eigenvalue weighted by Gasteiger charge is 2.55. The van der Waals surface area contributed by atoms with Crippen LogP contribution in [0.25, 0.3) is 11.1 Å². The van der Waals surface area contributed by atoms with E-state index in [2.05, 4.69) is 6.92 Å². The highest BCUT2D eigenvalue weighted by molar-refractivity contribution is 7.93. The van der Waals surface area contributed by atoms with Gasteiger partial charge in [0.1, 0.15) is 29.4 Å². The van der Waals surface area contributed by atoms with Gasteiger partial charge in [0.05, 0.1) is 18.4 Å². The first-order valence-corrected chi connectivity index (χ1v) is 16.1. The second-order valence-corrected chi connectivity index (χ2v) is 13.3. The Kier molecular flexibility index (Phi) is 9.29. The minimum absolute atomic E-state index is 0.0202. The van der Waals surface area contributed by atoms with Crippen molar-refractivity contribution < 1.29 is 36.2 Å². The number of phenols is 1. The minimum Gasteiger partial charge on any atom is -0.508 e. The first-order chi connectivity index (χ1) is 20.5. The van der Waals surface area contributed by atoms with Crippen LogP contribution in [0.2, 0.25) is 5.02 Å². The van der Waals surface area contributed by atoms with Crippen LogP contribution < -0.4 is 9.04 Å². The van der Waals surface area contributed by atoms with Gasteiger partial charge in [-0.3, -0.25) is 4.31 Å². The topological polar surface area (TPSA) is 76.1 Å². The number of rotatable bonds is 12. The monoisotopic (exact) mass is 635 g/mol. The van der Waals surface area contributed by atoms with Crippen molar-refractivity contribution in [1.82, 2.24) is 0 Å². The number of hydrogen-bond acceptors (Lipinski definition) is 5. The molecule has 2 aliphatic rings. The summed E-state index contributed by atoms with van der Waals surface area (Å²) in [6, 6.07) is 19.0. The summed E-state index contributed by atoms with van der Waals surface area (Å²) >= 11 is 5.93. The van der Waals surface area contributed by atoms with Crippen molar-refractivity contribution in [2.24, 2.45) is 0 Å². The van der Waals surface area contributed by atoms with Crippen LogP contribution in [0.4, 0.5) is 18.9 Å². The van der Waals surface area contributed by atoms with Gasteiger partial charge >= 0.3 is 6.18 Å². The van der Waals surface area contributed by atoms with Crippen LogP contribution >= 0.6 is 11.6 Å². The summed E-state index contributed by atoms with van der Waals surface area (Å²) in [5.41, 5.74) is 2.63. The molecule has 0 spiro atoms. The summed E-state index contributed by atoms with van der Waals surface area (Å²) in [5.74, 6) is 0.737. The van der Waals surface area contributed by atoms with E-state index in [1.807, 2.05) is 12.1 Å². The molecule has 2 bridgehead atoms. The standard InChI is InChI=1S/C32H33ClF3NO5S/c1-2-3-4-5-18-41-26-16-8-22(9-17-26)30-29(21-6-14-25(38)15-7-21)27-19-28(31(30)42-27)43(39,40)37(20-32(34,35)36)24-12-10-23(33)11-13-24/h6-17,27-28,31,38H,2-5,18-20H2,1H3/t27-,28+,31+/m1/s1. The molecule has 0 aromatic heterocycles. The van der Waals surface area contributed by atoms with Gasteiger partial charge in [0, 0.05) is 5.02 Å². The second-order valence-electron chi connectivity index (χ2n) is 10.8. The number of sulfonamides is 1. The fraction of sp³-hybridized carbons (Fsp3) is 0.375. The number of anilines is 1. The zero-order chi connectivity index (χ0) is 30.8. The van der Waals surface area contributed by atoms with Crippen LogP contribution in [0, 0.1) is 0 Å². The predicted molar refractivity (Wildman–Crippen MR) is 162 cm³/mol. The maximum Gasteiger partial charge on any atom is 0.407 e. The van der Waals surface area contributed by atoms with Gasteiger partial charge in [-0.25, -0.2) is 8.42 Å². The molecule has 0 saturated carbocycles. The van der Waals surface area contributed by atoms with E-state index >= 15 is 0 Å². The summed E-state index contributed by atoms with van der Waals surface area (Å²) in [5, 5.41) is 8.85. The molecule has 3 aromatic carbocycles. The van der Waals surface area contributed by atoms with Gasteiger partial charge in [0.15, 0.2) is 0 Å². The molecule has 2 heterocycles. The van der Waals surface area contributed by atoms with E-state index in [-0.39, 0.29) is 22.9 Å². The van der Waals surface area contributed by atoms with Crippen molar-refractivity contribution in [3.05, 3.63) is 88.9 Å². The molecule has 1 N–H and O–H groups in total. The first-order valence-electron chi connectivity index (χ1n) is 14.2. The zero-order valence-electron chi connectivity index (χ0n) is 23.6. The van der Waals surface area contributed by atoms with E-state index in [1.54, 1.807) is 24.3 Å². The van der Waals surface area contributed by atoms with Crippen LogP contribution in [0.3, 0.4) is 0 Å². The maximum atomic E-state index is 14.0. The van der Waals surface area contributed by atoms with Gasteiger partial charge in [-0.2, -0.15) is 13.2 Å². The molecule has 1 fully saturated rings. The number of alkyl halides is 3. The fourth-order valence-corrected chi connectivity index (χ4v) is 7.84. The highest BCUT2D eigenvalue weighted by atomic mass is 35.5. The summed E-state index contributed by atoms with van der Waals surface area (Å²) < 4.78 is 81.7. The summed E-state index contributed by atoms with van der Waals surface area (Å²) in [7, 11) is -4.57. The lowest BCUT2D eigenvalue weighted by molar-refractivity contribution is -0.117. The molecule has 3 atom stereocenters. The zero-order valence-corrected chi connectivity index (χ0v) is 25.1. The van der Waals surface area contributed by atoms with E-state index in [0.29, 0.717) is 27.8 Å². The normalized spacial score (nSPS) is 20.1. The van der Waals surface area contributed by atoms with E-state index in [1.165, 1.54) is 36.4 Å². The Hall–Kier alpha value is -3.21. The SMILES string of the molecule is CCCCCCOc1ccc(C2=C(c3ccc(O)cc3)[C@H]3C[C@H](S(=O)(=O)N(CC(F)(F)F)c4ccc(Cl)cc4)[C@@H]2O3)cc1. The maximum absolute atomic E-state index is 14.0. The molecule has 11 heteroatoms. The third-order valence-electron chi connectivity index (χ3n) is 7.73. The lowest BCUT2D eigenvalue weighted by atomic mass is 9.83. The Morgan fingerprint density at radius 2 is 1.56 bits per heavy atom. The Morgan fingerprint density at radius 1 is 0.930 bits per heavy atom. The van der Waals surface area contributed by atoms with Crippen LogP contribution in [-0.2, 0) is 14.8 Å². The highest BCUT2D eigenvalue weighted by Crippen LogP contribution is 2.51. The number of ether oxygens (including phenoxy) is 2. The average Bonchev–Trinajstić information content (AvgIpc) is 3.57. The number of halogens is 4. The molecule has 0 amide bonds. The lowest BCUT2D eigenvalue weighted by Crippen LogP contribution is -2.47.